The lowest BCUT2D eigenvalue weighted by Crippen LogP contribution is -2.20. The van der Waals surface area contributed by atoms with Crippen LogP contribution in [0.5, 0.6) is 0 Å². The second-order valence-electron chi connectivity index (χ2n) is 5.74. The van der Waals surface area contributed by atoms with E-state index in [4.69, 9.17) is 0 Å². The van der Waals surface area contributed by atoms with Crippen molar-refractivity contribution < 1.29 is 26.7 Å². The van der Waals surface area contributed by atoms with Gasteiger partial charge in [0.1, 0.15) is 5.82 Å². The Balaban J connectivity index is 1.79. The number of benzene rings is 2. The van der Waals surface area contributed by atoms with Crippen molar-refractivity contribution in [2.75, 3.05) is 5.32 Å². The summed E-state index contributed by atoms with van der Waals surface area (Å²) in [5.74, 6) is -11.3. The van der Waals surface area contributed by atoms with Crippen molar-refractivity contribution in [3.8, 4) is 0 Å². The van der Waals surface area contributed by atoms with Gasteiger partial charge in [-0.05, 0) is 11.6 Å². The molecule has 1 aromatic heterocycles. The summed E-state index contributed by atoms with van der Waals surface area (Å²) in [6.07, 6.45) is 0.358. The van der Waals surface area contributed by atoms with E-state index in [-0.39, 0.29) is 12.4 Å². The maximum atomic E-state index is 13.7. The van der Waals surface area contributed by atoms with Crippen molar-refractivity contribution >= 4 is 27.7 Å². The van der Waals surface area contributed by atoms with Gasteiger partial charge in [0.25, 0.3) is 0 Å². The molecule has 0 aliphatic carbocycles. The average Bonchev–Trinajstić information content (AvgIpc) is 3.10. The highest BCUT2D eigenvalue weighted by atomic mass is 79.9. The Morgan fingerprint density at radius 3 is 2.21 bits per heavy atom. The van der Waals surface area contributed by atoms with E-state index in [1.165, 1.54) is 16.9 Å². The molecular formula is C18H11BrF5N3O. The van der Waals surface area contributed by atoms with Gasteiger partial charge >= 0.3 is 0 Å². The Labute approximate surface area is 164 Å². The van der Waals surface area contributed by atoms with Crippen LogP contribution in [0.25, 0.3) is 0 Å². The maximum Gasteiger partial charge on any atom is 0.230 e. The number of rotatable bonds is 5. The molecule has 0 fully saturated rings. The summed E-state index contributed by atoms with van der Waals surface area (Å²) >= 11 is 3.38. The Bertz CT molecular complexity index is 1020. The van der Waals surface area contributed by atoms with E-state index < -0.39 is 47.0 Å². The lowest BCUT2D eigenvalue weighted by atomic mass is 10.1. The average molecular weight is 460 g/mol. The first-order valence-electron chi connectivity index (χ1n) is 7.85. The lowest BCUT2D eigenvalue weighted by Gasteiger charge is -2.11. The van der Waals surface area contributed by atoms with E-state index in [2.05, 4.69) is 26.3 Å². The second-order valence-corrected chi connectivity index (χ2v) is 6.59. The molecule has 146 valence electrons. The standard InChI is InChI=1S/C18H11BrF5N3O/c19-11-4-2-1-3-9(11)8-27-12(5-6-25-27)26-13(28)7-10-14(20)16(22)18(24)17(23)15(10)21/h1-6H,7-8H2,(H,26,28). The van der Waals surface area contributed by atoms with Gasteiger partial charge in [-0.3, -0.25) is 4.79 Å². The summed E-state index contributed by atoms with van der Waals surface area (Å²) in [4.78, 5) is 12.1. The fourth-order valence-corrected chi connectivity index (χ4v) is 2.92. The van der Waals surface area contributed by atoms with E-state index in [0.29, 0.717) is 0 Å². The molecule has 2 aromatic carbocycles. The maximum absolute atomic E-state index is 13.7. The van der Waals surface area contributed by atoms with Crippen molar-refractivity contribution in [3.63, 3.8) is 0 Å². The van der Waals surface area contributed by atoms with E-state index in [9.17, 15) is 26.7 Å². The predicted octanol–water partition coefficient (Wildman–Crippen LogP) is 4.57. The second kappa shape index (κ2) is 8.09. The number of nitrogens with one attached hydrogen (secondary N) is 1. The third-order valence-corrected chi connectivity index (χ3v) is 4.67. The third kappa shape index (κ3) is 3.91. The minimum atomic E-state index is -2.27. The zero-order valence-electron chi connectivity index (χ0n) is 13.9. The van der Waals surface area contributed by atoms with Crippen LogP contribution >= 0.6 is 15.9 Å². The molecule has 0 saturated heterocycles. The zero-order valence-corrected chi connectivity index (χ0v) is 15.5. The Morgan fingerprint density at radius 2 is 1.57 bits per heavy atom. The first kappa shape index (κ1) is 20.0. The van der Waals surface area contributed by atoms with Crippen LogP contribution in [0, 0.1) is 29.1 Å². The zero-order chi connectivity index (χ0) is 20.4. The smallest absolute Gasteiger partial charge is 0.230 e. The van der Waals surface area contributed by atoms with Gasteiger partial charge < -0.3 is 5.32 Å². The number of amides is 1. The molecule has 0 spiro atoms. The molecule has 3 rings (SSSR count). The minimum absolute atomic E-state index is 0.199. The summed E-state index contributed by atoms with van der Waals surface area (Å²) in [7, 11) is 0. The monoisotopic (exact) mass is 459 g/mol. The molecule has 0 unspecified atom stereocenters. The normalized spacial score (nSPS) is 10.9. The first-order chi connectivity index (χ1) is 13.3. The molecule has 1 heterocycles. The SMILES string of the molecule is O=C(Cc1c(F)c(F)c(F)c(F)c1F)Nc1ccnn1Cc1ccccc1Br. The van der Waals surface area contributed by atoms with Gasteiger partial charge in [0.05, 0.1) is 19.2 Å². The summed E-state index contributed by atoms with van der Waals surface area (Å²) in [5, 5.41) is 6.41. The highest BCUT2D eigenvalue weighted by Crippen LogP contribution is 2.24. The number of hydrogen-bond donors (Lipinski definition) is 1. The predicted molar refractivity (Wildman–Crippen MR) is 94.0 cm³/mol. The molecule has 1 amide bonds. The number of aromatic nitrogens is 2. The highest BCUT2D eigenvalue weighted by molar-refractivity contribution is 9.10. The summed E-state index contributed by atoms with van der Waals surface area (Å²) in [6, 6.07) is 8.72. The molecule has 1 N–H and O–H groups in total. The fraction of sp³-hybridized carbons (Fsp3) is 0.111. The van der Waals surface area contributed by atoms with Gasteiger partial charge in [0.15, 0.2) is 23.3 Å². The number of nitrogens with zero attached hydrogens (tertiary/aromatic N) is 2. The molecule has 0 aliphatic rings. The van der Waals surface area contributed by atoms with Crippen LogP contribution in [0.4, 0.5) is 27.8 Å². The highest BCUT2D eigenvalue weighted by Gasteiger charge is 2.27. The van der Waals surface area contributed by atoms with Crippen LogP contribution in [0.2, 0.25) is 0 Å². The minimum Gasteiger partial charge on any atom is -0.311 e. The number of hydrogen-bond acceptors (Lipinski definition) is 2. The van der Waals surface area contributed by atoms with Crippen molar-refractivity contribution in [2.45, 2.75) is 13.0 Å². The molecule has 0 saturated carbocycles. The first-order valence-corrected chi connectivity index (χ1v) is 8.64. The molecular weight excluding hydrogens is 449 g/mol. The molecule has 0 aliphatic heterocycles. The van der Waals surface area contributed by atoms with E-state index >= 15 is 0 Å². The van der Waals surface area contributed by atoms with Crippen molar-refractivity contribution in [2.24, 2.45) is 0 Å². The van der Waals surface area contributed by atoms with Crippen LogP contribution in [-0.2, 0) is 17.8 Å². The van der Waals surface area contributed by atoms with Gasteiger partial charge in [-0.25, -0.2) is 26.6 Å². The molecule has 0 radical (unpaired) electrons. The number of anilines is 1. The Kier molecular flexibility index (Phi) is 5.78. The molecule has 10 heteroatoms. The van der Waals surface area contributed by atoms with Gasteiger partial charge in [-0.15, -0.1) is 0 Å². The molecule has 0 atom stereocenters. The summed E-state index contributed by atoms with van der Waals surface area (Å²) < 4.78 is 69.3. The summed E-state index contributed by atoms with van der Waals surface area (Å²) in [5.41, 5.74) is -0.354. The Morgan fingerprint density at radius 1 is 0.964 bits per heavy atom. The van der Waals surface area contributed by atoms with Crippen LogP contribution < -0.4 is 5.32 Å². The number of halogens is 6. The van der Waals surface area contributed by atoms with Crippen molar-refractivity contribution in [3.05, 3.63) is 81.2 Å². The third-order valence-electron chi connectivity index (χ3n) is 3.90. The van der Waals surface area contributed by atoms with Gasteiger partial charge in [0, 0.05) is 16.1 Å². The molecule has 0 bridgehead atoms. The molecule has 3 aromatic rings. The Hall–Kier alpha value is -2.75. The van der Waals surface area contributed by atoms with Crippen LogP contribution in [0.15, 0.2) is 41.0 Å². The quantitative estimate of drug-likeness (QED) is 0.345. The van der Waals surface area contributed by atoms with Crippen LogP contribution in [-0.4, -0.2) is 15.7 Å². The topological polar surface area (TPSA) is 46.9 Å². The van der Waals surface area contributed by atoms with Gasteiger partial charge in [0.2, 0.25) is 11.7 Å². The lowest BCUT2D eigenvalue weighted by molar-refractivity contribution is -0.115. The summed E-state index contributed by atoms with van der Waals surface area (Å²) in [6.45, 7) is 0.270. The fourth-order valence-electron chi connectivity index (χ4n) is 2.51. The number of carbonyl (C=O) groups excluding carboxylic acids is 1. The largest absolute Gasteiger partial charge is 0.311 e. The van der Waals surface area contributed by atoms with E-state index in [0.717, 1.165) is 10.0 Å². The van der Waals surface area contributed by atoms with Crippen molar-refractivity contribution in [1.82, 2.24) is 9.78 Å². The molecule has 4 nitrogen and oxygen atoms in total. The molecule has 28 heavy (non-hydrogen) atoms. The van der Waals surface area contributed by atoms with Crippen molar-refractivity contribution in [1.29, 1.82) is 0 Å². The number of carbonyl (C=O) groups is 1. The van der Waals surface area contributed by atoms with Crippen LogP contribution in [0.3, 0.4) is 0 Å². The van der Waals surface area contributed by atoms with E-state index in [1.54, 1.807) is 0 Å². The van der Waals surface area contributed by atoms with Crippen LogP contribution in [0.1, 0.15) is 11.1 Å². The van der Waals surface area contributed by atoms with Gasteiger partial charge in [-0.1, -0.05) is 34.1 Å². The van der Waals surface area contributed by atoms with E-state index in [1.807, 2.05) is 24.3 Å². The van der Waals surface area contributed by atoms with Gasteiger partial charge in [-0.2, -0.15) is 5.10 Å².